The maximum absolute atomic E-state index is 6.03. The van der Waals surface area contributed by atoms with Crippen molar-refractivity contribution in [1.82, 2.24) is 5.32 Å². The third kappa shape index (κ3) is 2.76. The molecule has 88 valence electrons. The van der Waals surface area contributed by atoms with Crippen LogP contribution in [0.3, 0.4) is 0 Å². The Morgan fingerprint density at radius 3 is 2.38 bits per heavy atom. The van der Waals surface area contributed by atoms with E-state index in [0.29, 0.717) is 12.1 Å². The highest BCUT2D eigenvalue weighted by molar-refractivity contribution is 5.33. The predicted octanol–water partition coefficient (Wildman–Crippen LogP) is 2.82. The summed E-state index contributed by atoms with van der Waals surface area (Å²) in [5.74, 6) is 1.03. The van der Waals surface area contributed by atoms with E-state index in [9.17, 15) is 0 Å². The van der Waals surface area contributed by atoms with Gasteiger partial charge >= 0.3 is 0 Å². The van der Waals surface area contributed by atoms with E-state index in [-0.39, 0.29) is 0 Å². The van der Waals surface area contributed by atoms with E-state index in [1.165, 1.54) is 24.0 Å². The second-order valence-electron chi connectivity index (χ2n) is 4.86. The summed E-state index contributed by atoms with van der Waals surface area (Å²) < 4.78 is 6.03. The van der Waals surface area contributed by atoms with Gasteiger partial charge in [0, 0.05) is 6.04 Å². The van der Waals surface area contributed by atoms with Crippen LogP contribution >= 0.6 is 0 Å². The van der Waals surface area contributed by atoms with Crippen LogP contribution in [-0.4, -0.2) is 19.2 Å². The lowest BCUT2D eigenvalue weighted by Gasteiger charge is -2.15. The minimum Gasteiger partial charge on any atom is -0.490 e. The highest BCUT2D eigenvalue weighted by Crippen LogP contribution is 2.25. The molecule has 0 amide bonds. The number of ether oxygens (including phenoxy) is 1. The number of hydrogen-bond donors (Lipinski definition) is 1. The van der Waals surface area contributed by atoms with Crippen molar-refractivity contribution in [2.24, 2.45) is 0 Å². The molecule has 1 N–H and O–H groups in total. The molecule has 2 nitrogen and oxygen atoms in total. The topological polar surface area (TPSA) is 21.3 Å². The molecule has 1 fully saturated rings. The fourth-order valence-corrected chi connectivity index (χ4v) is 2.50. The molecule has 0 aliphatic heterocycles. The first kappa shape index (κ1) is 11.5. The lowest BCUT2D eigenvalue weighted by molar-refractivity contribution is 0.206. The highest BCUT2D eigenvalue weighted by atomic mass is 16.5. The number of rotatable bonds is 3. The summed E-state index contributed by atoms with van der Waals surface area (Å²) >= 11 is 0. The van der Waals surface area contributed by atoms with E-state index in [4.69, 9.17) is 4.74 Å². The minimum absolute atomic E-state index is 0.388. The zero-order chi connectivity index (χ0) is 11.5. The average molecular weight is 219 g/mol. The average Bonchev–Trinajstić information content (AvgIpc) is 2.64. The van der Waals surface area contributed by atoms with Gasteiger partial charge in [-0.15, -0.1) is 0 Å². The van der Waals surface area contributed by atoms with Gasteiger partial charge in [-0.1, -0.05) is 6.07 Å². The largest absolute Gasteiger partial charge is 0.490 e. The summed E-state index contributed by atoms with van der Waals surface area (Å²) in [6.45, 7) is 4.23. The van der Waals surface area contributed by atoms with E-state index in [1.54, 1.807) is 0 Å². The monoisotopic (exact) mass is 219 g/mol. The molecule has 2 rings (SSSR count). The van der Waals surface area contributed by atoms with Crippen LogP contribution in [0.25, 0.3) is 0 Å². The van der Waals surface area contributed by atoms with Gasteiger partial charge in [-0.25, -0.2) is 0 Å². The molecule has 2 unspecified atom stereocenters. The Morgan fingerprint density at radius 1 is 1.12 bits per heavy atom. The fourth-order valence-electron chi connectivity index (χ4n) is 2.50. The SMILES string of the molecule is CNC1CCC(Oc2cc(C)cc(C)c2)C1. The maximum atomic E-state index is 6.03. The maximum Gasteiger partial charge on any atom is 0.120 e. The molecule has 0 heterocycles. The summed E-state index contributed by atoms with van der Waals surface area (Å²) in [6, 6.07) is 7.06. The number of hydrogen-bond acceptors (Lipinski definition) is 2. The number of benzene rings is 1. The molecule has 1 aliphatic carbocycles. The predicted molar refractivity (Wildman–Crippen MR) is 67.0 cm³/mol. The number of aryl methyl sites for hydroxylation is 2. The second kappa shape index (κ2) is 4.88. The quantitative estimate of drug-likeness (QED) is 0.844. The Kier molecular flexibility index (Phi) is 3.49. The molecule has 1 saturated carbocycles. The van der Waals surface area contributed by atoms with Crippen molar-refractivity contribution in [3.63, 3.8) is 0 Å². The third-order valence-electron chi connectivity index (χ3n) is 3.29. The molecule has 2 heteroatoms. The van der Waals surface area contributed by atoms with Crippen LogP contribution in [0, 0.1) is 13.8 Å². The first-order chi connectivity index (χ1) is 7.67. The summed E-state index contributed by atoms with van der Waals surface area (Å²) in [5.41, 5.74) is 2.55. The Morgan fingerprint density at radius 2 is 1.81 bits per heavy atom. The zero-order valence-electron chi connectivity index (χ0n) is 10.4. The molecule has 1 aliphatic rings. The van der Waals surface area contributed by atoms with Crippen molar-refractivity contribution in [2.45, 2.75) is 45.3 Å². The van der Waals surface area contributed by atoms with E-state index >= 15 is 0 Å². The van der Waals surface area contributed by atoms with Crippen LogP contribution in [0.5, 0.6) is 5.75 Å². The van der Waals surface area contributed by atoms with Crippen LogP contribution in [0.15, 0.2) is 18.2 Å². The van der Waals surface area contributed by atoms with Gasteiger partial charge in [0.15, 0.2) is 0 Å². The van der Waals surface area contributed by atoms with Gasteiger partial charge in [0.2, 0.25) is 0 Å². The van der Waals surface area contributed by atoms with E-state index in [1.807, 2.05) is 7.05 Å². The Hall–Kier alpha value is -1.02. The van der Waals surface area contributed by atoms with Crippen LogP contribution in [0.1, 0.15) is 30.4 Å². The van der Waals surface area contributed by atoms with Crippen LogP contribution < -0.4 is 10.1 Å². The normalized spacial score (nSPS) is 24.7. The third-order valence-corrected chi connectivity index (χ3v) is 3.29. The smallest absolute Gasteiger partial charge is 0.120 e. The summed E-state index contributed by atoms with van der Waals surface area (Å²) in [4.78, 5) is 0. The van der Waals surface area contributed by atoms with E-state index in [0.717, 1.165) is 12.2 Å². The molecule has 1 aromatic carbocycles. The van der Waals surface area contributed by atoms with Crippen molar-refractivity contribution >= 4 is 0 Å². The molecule has 0 spiro atoms. The molecule has 0 radical (unpaired) electrons. The molecule has 0 aromatic heterocycles. The standard InChI is InChI=1S/C14H21NO/c1-10-6-11(2)8-14(7-10)16-13-5-4-12(9-13)15-3/h6-8,12-13,15H,4-5,9H2,1-3H3. The highest BCUT2D eigenvalue weighted by Gasteiger charge is 2.24. The molecule has 0 bridgehead atoms. The van der Waals surface area contributed by atoms with Gasteiger partial charge in [0.25, 0.3) is 0 Å². The van der Waals surface area contributed by atoms with Crippen molar-refractivity contribution in [1.29, 1.82) is 0 Å². The summed E-state index contributed by atoms with van der Waals surface area (Å²) in [5, 5.41) is 3.32. The molecule has 1 aromatic rings. The van der Waals surface area contributed by atoms with Crippen molar-refractivity contribution in [2.75, 3.05) is 7.05 Å². The summed E-state index contributed by atoms with van der Waals surface area (Å²) in [6.07, 6.45) is 3.91. The summed E-state index contributed by atoms with van der Waals surface area (Å²) in [7, 11) is 2.03. The van der Waals surface area contributed by atoms with Crippen LogP contribution in [0.2, 0.25) is 0 Å². The lowest BCUT2D eigenvalue weighted by Crippen LogP contribution is -2.23. The van der Waals surface area contributed by atoms with Gasteiger partial charge < -0.3 is 10.1 Å². The van der Waals surface area contributed by atoms with Gasteiger partial charge in [-0.05, 0) is 63.4 Å². The molecular weight excluding hydrogens is 198 g/mol. The zero-order valence-corrected chi connectivity index (χ0v) is 10.4. The van der Waals surface area contributed by atoms with E-state index in [2.05, 4.69) is 37.4 Å². The molecule has 2 atom stereocenters. The molecular formula is C14H21NO. The van der Waals surface area contributed by atoms with Crippen molar-refractivity contribution in [3.05, 3.63) is 29.3 Å². The minimum atomic E-state index is 0.388. The second-order valence-corrected chi connectivity index (χ2v) is 4.86. The molecule has 16 heavy (non-hydrogen) atoms. The first-order valence-electron chi connectivity index (χ1n) is 6.09. The van der Waals surface area contributed by atoms with Gasteiger partial charge in [0.1, 0.15) is 11.9 Å². The van der Waals surface area contributed by atoms with Crippen LogP contribution in [0.4, 0.5) is 0 Å². The lowest BCUT2D eigenvalue weighted by atomic mass is 10.1. The Balaban J connectivity index is 1.99. The van der Waals surface area contributed by atoms with Crippen molar-refractivity contribution < 1.29 is 4.74 Å². The fraction of sp³-hybridized carbons (Fsp3) is 0.571. The van der Waals surface area contributed by atoms with Gasteiger partial charge in [-0.2, -0.15) is 0 Å². The Labute approximate surface area is 98.0 Å². The number of nitrogens with one attached hydrogen (secondary N) is 1. The van der Waals surface area contributed by atoms with Gasteiger partial charge in [-0.3, -0.25) is 0 Å². The Bertz CT molecular complexity index is 342. The van der Waals surface area contributed by atoms with Gasteiger partial charge in [0.05, 0.1) is 0 Å². The molecule has 0 saturated heterocycles. The first-order valence-corrected chi connectivity index (χ1v) is 6.09. The van der Waals surface area contributed by atoms with Crippen molar-refractivity contribution in [3.8, 4) is 5.75 Å². The van der Waals surface area contributed by atoms with Crippen LogP contribution in [-0.2, 0) is 0 Å². The van der Waals surface area contributed by atoms with E-state index < -0.39 is 0 Å².